The molecule has 25 heavy (non-hydrogen) atoms. The van der Waals surface area contributed by atoms with Gasteiger partial charge in [-0.25, -0.2) is 9.18 Å². The van der Waals surface area contributed by atoms with Gasteiger partial charge in [0.1, 0.15) is 12.4 Å². The van der Waals surface area contributed by atoms with Crippen LogP contribution in [-0.4, -0.2) is 43.0 Å². The number of esters is 2. The van der Waals surface area contributed by atoms with Crippen LogP contribution in [0.2, 0.25) is 0 Å². The lowest BCUT2D eigenvalue weighted by Gasteiger charge is -2.33. The summed E-state index contributed by atoms with van der Waals surface area (Å²) >= 11 is 0. The second kappa shape index (κ2) is 7.92. The molecule has 6 nitrogen and oxygen atoms in total. The molecule has 1 amide bonds. The van der Waals surface area contributed by atoms with Gasteiger partial charge in [0.25, 0.3) is 0 Å². The minimum atomic E-state index is -0.764. The summed E-state index contributed by atoms with van der Waals surface area (Å²) in [5.41, 5.74) is 0.673. The first-order chi connectivity index (χ1) is 11.9. The third-order valence-electron chi connectivity index (χ3n) is 4.10. The zero-order valence-electron chi connectivity index (χ0n) is 14.4. The summed E-state index contributed by atoms with van der Waals surface area (Å²) in [5.74, 6) is -2.89. The Balaban J connectivity index is 2.48. The molecule has 1 aliphatic heterocycles. The summed E-state index contributed by atoms with van der Waals surface area (Å²) in [5, 5.41) is 0. The molecule has 0 radical (unpaired) electrons. The molecule has 1 aliphatic rings. The fourth-order valence-corrected chi connectivity index (χ4v) is 2.94. The molecule has 7 heteroatoms. The third-order valence-corrected chi connectivity index (χ3v) is 4.10. The van der Waals surface area contributed by atoms with Crippen LogP contribution in [0.1, 0.15) is 31.7 Å². The van der Waals surface area contributed by atoms with Crippen LogP contribution in [0.5, 0.6) is 0 Å². The average Bonchev–Trinajstić information content (AvgIpc) is 2.58. The van der Waals surface area contributed by atoms with Crippen molar-refractivity contribution in [2.75, 3.05) is 20.3 Å². The van der Waals surface area contributed by atoms with Gasteiger partial charge in [-0.3, -0.25) is 9.59 Å². The molecule has 0 fully saturated rings. The van der Waals surface area contributed by atoms with Gasteiger partial charge < -0.3 is 14.4 Å². The van der Waals surface area contributed by atoms with Crippen LogP contribution in [-0.2, 0) is 23.9 Å². The second-order valence-electron chi connectivity index (χ2n) is 5.55. The highest BCUT2D eigenvalue weighted by molar-refractivity contribution is 5.96. The summed E-state index contributed by atoms with van der Waals surface area (Å²) in [6.45, 7) is 3.08. The lowest BCUT2D eigenvalue weighted by molar-refractivity contribution is -0.148. The van der Waals surface area contributed by atoms with Gasteiger partial charge in [-0.05, 0) is 25.5 Å². The largest absolute Gasteiger partial charge is 0.466 e. The van der Waals surface area contributed by atoms with Gasteiger partial charge in [0.05, 0.1) is 19.3 Å². The third kappa shape index (κ3) is 3.87. The summed E-state index contributed by atoms with van der Waals surface area (Å²) in [7, 11) is 1.22. The number of rotatable bonds is 5. The molecule has 1 aromatic carbocycles. The van der Waals surface area contributed by atoms with E-state index in [1.165, 1.54) is 37.1 Å². The Labute approximate surface area is 145 Å². The maximum absolute atomic E-state index is 14.2. The monoisotopic (exact) mass is 349 g/mol. The van der Waals surface area contributed by atoms with E-state index < -0.39 is 23.7 Å². The maximum Gasteiger partial charge on any atom is 0.336 e. The Morgan fingerprint density at radius 1 is 1.32 bits per heavy atom. The standard InChI is InChI=1S/C18H20FNO5/c1-4-25-16(22)10-20-11(2)17(18(23)24-3)13(9-15(20)21)12-7-5-6-8-14(12)19/h5-8,13H,4,9-10H2,1-3H3/t13-/m0/s1. The van der Waals surface area contributed by atoms with Crippen molar-refractivity contribution >= 4 is 17.8 Å². The highest BCUT2D eigenvalue weighted by Crippen LogP contribution is 2.37. The Hall–Kier alpha value is -2.70. The number of methoxy groups -OCH3 is 1. The first-order valence-electron chi connectivity index (χ1n) is 7.90. The van der Waals surface area contributed by atoms with Crippen molar-refractivity contribution in [1.29, 1.82) is 0 Å². The molecule has 0 saturated carbocycles. The lowest BCUT2D eigenvalue weighted by atomic mass is 9.83. The number of allylic oxidation sites excluding steroid dienone is 1. The normalized spacial score (nSPS) is 17.5. The molecule has 134 valence electrons. The predicted molar refractivity (Wildman–Crippen MR) is 86.8 cm³/mol. The summed E-state index contributed by atoms with van der Waals surface area (Å²) in [6.07, 6.45) is -0.137. The SMILES string of the molecule is CCOC(=O)CN1C(=O)C[C@@H](c2ccccc2F)C(C(=O)OC)=C1C. The molecular weight excluding hydrogens is 329 g/mol. The van der Waals surface area contributed by atoms with Crippen LogP contribution in [0.25, 0.3) is 0 Å². The fourth-order valence-electron chi connectivity index (χ4n) is 2.94. The zero-order valence-corrected chi connectivity index (χ0v) is 14.4. The van der Waals surface area contributed by atoms with Crippen LogP contribution in [0.15, 0.2) is 35.5 Å². The minimum absolute atomic E-state index is 0.137. The zero-order chi connectivity index (χ0) is 18.6. The number of amides is 1. The van der Waals surface area contributed by atoms with E-state index in [4.69, 9.17) is 9.47 Å². The number of halogens is 1. The second-order valence-corrected chi connectivity index (χ2v) is 5.55. The van der Waals surface area contributed by atoms with Crippen molar-refractivity contribution in [3.05, 3.63) is 46.9 Å². The van der Waals surface area contributed by atoms with E-state index in [2.05, 4.69) is 0 Å². The first-order valence-corrected chi connectivity index (χ1v) is 7.90. The summed E-state index contributed by atoms with van der Waals surface area (Å²) in [4.78, 5) is 37.7. The smallest absolute Gasteiger partial charge is 0.336 e. The summed E-state index contributed by atoms with van der Waals surface area (Å²) in [6, 6.07) is 5.97. The van der Waals surface area contributed by atoms with Gasteiger partial charge in [0, 0.05) is 18.0 Å². The molecular formula is C18H20FNO5. The lowest BCUT2D eigenvalue weighted by Crippen LogP contribution is -2.41. The van der Waals surface area contributed by atoms with Crippen molar-refractivity contribution in [3.63, 3.8) is 0 Å². The highest BCUT2D eigenvalue weighted by atomic mass is 19.1. The van der Waals surface area contributed by atoms with Gasteiger partial charge in [0.2, 0.25) is 5.91 Å². The van der Waals surface area contributed by atoms with E-state index in [1.54, 1.807) is 13.0 Å². The molecule has 0 spiro atoms. The first kappa shape index (κ1) is 18.6. The molecule has 0 N–H and O–H groups in total. The molecule has 0 bridgehead atoms. The van der Waals surface area contributed by atoms with Gasteiger partial charge >= 0.3 is 11.9 Å². The van der Waals surface area contributed by atoms with E-state index in [-0.39, 0.29) is 42.3 Å². The number of nitrogens with zero attached hydrogens (tertiary/aromatic N) is 1. The van der Waals surface area contributed by atoms with Gasteiger partial charge in [-0.15, -0.1) is 0 Å². The number of hydrogen-bond acceptors (Lipinski definition) is 5. The Morgan fingerprint density at radius 2 is 2.00 bits per heavy atom. The molecule has 0 unspecified atom stereocenters. The van der Waals surface area contributed by atoms with Crippen molar-refractivity contribution in [2.45, 2.75) is 26.2 Å². The Kier molecular flexibility index (Phi) is 5.90. The average molecular weight is 349 g/mol. The highest BCUT2D eigenvalue weighted by Gasteiger charge is 2.38. The molecule has 0 aliphatic carbocycles. The molecule has 0 saturated heterocycles. The van der Waals surface area contributed by atoms with Crippen molar-refractivity contribution in [2.24, 2.45) is 0 Å². The van der Waals surface area contributed by atoms with Crippen LogP contribution >= 0.6 is 0 Å². The Morgan fingerprint density at radius 3 is 2.60 bits per heavy atom. The molecule has 2 rings (SSSR count). The van der Waals surface area contributed by atoms with E-state index >= 15 is 0 Å². The molecule has 1 aromatic rings. The van der Waals surface area contributed by atoms with Crippen LogP contribution in [0.4, 0.5) is 4.39 Å². The maximum atomic E-state index is 14.2. The van der Waals surface area contributed by atoms with Crippen LogP contribution in [0, 0.1) is 5.82 Å². The number of ether oxygens (including phenoxy) is 2. The predicted octanol–water partition coefficient (Wildman–Crippen LogP) is 2.15. The van der Waals surface area contributed by atoms with Crippen LogP contribution < -0.4 is 0 Å². The van der Waals surface area contributed by atoms with Gasteiger partial charge in [-0.1, -0.05) is 18.2 Å². The molecule has 1 heterocycles. The van der Waals surface area contributed by atoms with Crippen LogP contribution in [0.3, 0.4) is 0 Å². The van der Waals surface area contributed by atoms with Gasteiger partial charge in [0.15, 0.2) is 0 Å². The minimum Gasteiger partial charge on any atom is -0.466 e. The van der Waals surface area contributed by atoms with Crippen molar-refractivity contribution in [3.8, 4) is 0 Å². The van der Waals surface area contributed by atoms with E-state index in [1.807, 2.05) is 0 Å². The van der Waals surface area contributed by atoms with E-state index in [9.17, 15) is 18.8 Å². The quantitative estimate of drug-likeness (QED) is 0.762. The van der Waals surface area contributed by atoms with Crippen molar-refractivity contribution in [1.82, 2.24) is 4.90 Å². The van der Waals surface area contributed by atoms with Gasteiger partial charge in [-0.2, -0.15) is 0 Å². The fraction of sp³-hybridized carbons (Fsp3) is 0.389. The Bertz CT molecular complexity index is 728. The number of hydrogen-bond donors (Lipinski definition) is 0. The van der Waals surface area contributed by atoms with Crippen molar-refractivity contribution < 1.29 is 28.2 Å². The number of benzene rings is 1. The number of carbonyl (C=O) groups excluding carboxylic acids is 3. The topological polar surface area (TPSA) is 72.9 Å². The number of carbonyl (C=O) groups is 3. The molecule has 0 aromatic heterocycles. The summed E-state index contributed by atoms with van der Waals surface area (Å²) < 4.78 is 23.9. The molecule has 1 atom stereocenters. The van der Waals surface area contributed by atoms with E-state index in [0.29, 0.717) is 0 Å². The van der Waals surface area contributed by atoms with E-state index in [0.717, 1.165) is 0 Å².